The second-order valence-corrected chi connectivity index (χ2v) is 6.84. The van der Waals surface area contributed by atoms with E-state index in [0.29, 0.717) is 10.8 Å². The van der Waals surface area contributed by atoms with E-state index in [4.69, 9.17) is 21.3 Å². The van der Waals surface area contributed by atoms with Gasteiger partial charge in [0, 0.05) is 11.4 Å². The highest BCUT2D eigenvalue weighted by Crippen LogP contribution is 2.40. The number of amidine groups is 1. The molecular weight excluding hydrogens is 292 g/mol. The number of aliphatic imine (C=N–C) groups is 1. The van der Waals surface area contributed by atoms with Crippen LogP contribution in [0.1, 0.15) is 32.1 Å². The number of ether oxygens (including phenoxy) is 1. The molecular formula is C15H19ClN2OS. The summed E-state index contributed by atoms with van der Waals surface area (Å²) in [6.45, 7) is 0. The van der Waals surface area contributed by atoms with Crippen LogP contribution in [-0.4, -0.2) is 23.6 Å². The molecule has 0 aromatic heterocycles. The van der Waals surface area contributed by atoms with Gasteiger partial charge < -0.3 is 10.1 Å². The maximum absolute atomic E-state index is 6.15. The molecule has 1 heterocycles. The number of hydrogen-bond acceptors (Lipinski definition) is 4. The van der Waals surface area contributed by atoms with Gasteiger partial charge in [-0.1, -0.05) is 42.6 Å². The van der Waals surface area contributed by atoms with E-state index in [1.807, 2.05) is 30.0 Å². The lowest BCUT2D eigenvalue weighted by Gasteiger charge is -2.29. The van der Waals surface area contributed by atoms with Gasteiger partial charge in [0.25, 0.3) is 0 Å². The molecule has 0 bridgehead atoms. The first-order chi connectivity index (χ1) is 9.71. The predicted octanol–water partition coefficient (Wildman–Crippen LogP) is 4.57. The van der Waals surface area contributed by atoms with Crippen LogP contribution in [0, 0.1) is 0 Å². The number of methoxy groups -OCH3 is 1. The number of rotatable bonds is 2. The Balaban J connectivity index is 1.72. The van der Waals surface area contributed by atoms with Crippen molar-refractivity contribution in [3.63, 3.8) is 0 Å². The number of benzene rings is 1. The van der Waals surface area contributed by atoms with E-state index in [-0.39, 0.29) is 5.54 Å². The van der Waals surface area contributed by atoms with Crippen molar-refractivity contribution in [2.45, 2.75) is 37.6 Å². The molecule has 108 valence electrons. The molecule has 1 fully saturated rings. The summed E-state index contributed by atoms with van der Waals surface area (Å²) >= 11 is 7.97. The van der Waals surface area contributed by atoms with Gasteiger partial charge in [0.2, 0.25) is 0 Å². The molecule has 20 heavy (non-hydrogen) atoms. The topological polar surface area (TPSA) is 33.6 Å². The van der Waals surface area contributed by atoms with Gasteiger partial charge in [0.15, 0.2) is 5.17 Å². The van der Waals surface area contributed by atoms with E-state index in [9.17, 15) is 0 Å². The highest BCUT2D eigenvalue weighted by Gasteiger charge is 2.36. The Morgan fingerprint density at radius 3 is 2.80 bits per heavy atom. The van der Waals surface area contributed by atoms with Crippen molar-refractivity contribution in [1.82, 2.24) is 0 Å². The van der Waals surface area contributed by atoms with Gasteiger partial charge >= 0.3 is 0 Å². The largest absolute Gasteiger partial charge is 0.495 e. The molecule has 5 heteroatoms. The van der Waals surface area contributed by atoms with E-state index >= 15 is 0 Å². The van der Waals surface area contributed by atoms with Crippen molar-refractivity contribution in [3.05, 3.63) is 23.2 Å². The van der Waals surface area contributed by atoms with E-state index in [0.717, 1.165) is 16.6 Å². The molecule has 2 aliphatic rings. The number of thioether (sulfide) groups is 1. The maximum atomic E-state index is 6.15. The smallest absolute Gasteiger partial charge is 0.161 e. The zero-order valence-corrected chi connectivity index (χ0v) is 13.2. The van der Waals surface area contributed by atoms with Gasteiger partial charge in [0.1, 0.15) is 5.75 Å². The fourth-order valence-corrected chi connectivity index (χ4v) is 4.34. The Labute approximate surface area is 129 Å². The lowest BCUT2D eigenvalue weighted by Crippen LogP contribution is -2.29. The summed E-state index contributed by atoms with van der Waals surface area (Å²) in [5.41, 5.74) is 1.16. The van der Waals surface area contributed by atoms with Crippen LogP contribution in [-0.2, 0) is 0 Å². The zero-order chi connectivity index (χ0) is 14.0. The van der Waals surface area contributed by atoms with Crippen LogP contribution >= 0.6 is 23.4 Å². The summed E-state index contributed by atoms with van der Waals surface area (Å²) in [6, 6.07) is 5.73. The average Bonchev–Trinajstić information content (AvgIpc) is 2.82. The SMILES string of the molecule is COc1ccc(NC2=NC3(CCCCC3)CS2)cc1Cl. The molecule has 1 spiro atoms. The summed E-state index contributed by atoms with van der Waals surface area (Å²) < 4.78 is 5.16. The standard InChI is InChI=1S/C15H19ClN2OS/c1-19-13-6-5-11(9-12(13)16)17-14-18-15(10-20-14)7-3-2-4-8-15/h5-6,9H,2-4,7-8,10H2,1H3,(H,17,18). The number of hydrogen-bond donors (Lipinski definition) is 1. The molecule has 0 unspecified atom stereocenters. The Morgan fingerprint density at radius 1 is 1.30 bits per heavy atom. The molecule has 3 rings (SSSR count). The molecule has 1 saturated carbocycles. The lowest BCUT2D eigenvalue weighted by molar-refractivity contribution is 0.335. The Bertz CT molecular complexity index is 527. The molecule has 1 aliphatic heterocycles. The first-order valence-corrected chi connectivity index (χ1v) is 8.40. The first kappa shape index (κ1) is 14.1. The molecule has 0 radical (unpaired) electrons. The van der Waals surface area contributed by atoms with Gasteiger partial charge in [0.05, 0.1) is 17.7 Å². The highest BCUT2D eigenvalue weighted by atomic mass is 35.5. The van der Waals surface area contributed by atoms with E-state index < -0.39 is 0 Å². The summed E-state index contributed by atoms with van der Waals surface area (Å²) in [5, 5.41) is 5.02. The number of nitrogens with zero attached hydrogens (tertiary/aromatic N) is 1. The second kappa shape index (κ2) is 5.86. The molecule has 1 aromatic rings. The van der Waals surface area contributed by atoms with Crippen LogP contribution in [0.3, 0.4) is 0 Å². The fourth-order valence-electron chi connectivity index (χ4n) is 2.88. The monoisotopic (exact) mass is 310 g/mol. The van der Waals surface area contributed by atoms with Gasteiger partial charge in [-0.25, -0.2) is 0 Å². The molecule has 1 aromatic carbocycles. The Kier molecular flexibility index (Phi) is 4.13. The normalized spacial score (nSPS) is 20.8. The number of halogens is 1. The predicted molar refractivity (Wildman–Crippen MR) is 87.3 cm³/mol. The minimum atomic E-state index is 0.196. The van der Waals surface area contributed by atoms with Crippen molar-refractivity contribution < 1.29 is 4.74 Å². The summed E-state index contributed by atoms with van der Waals surface area (Å²) in [7, 11) is 1.62. The minimum absolute atomic E-state index is 0.196. The van der Waals surface area contributed by atoms with Crippen LogP contribution in [0.5, 0.6) is 5.75 Å². The van der Waals surface area contributed by atoms with Crippen LogP contribution in [0.2, 0.25) is 5.02 Å². The van der Waals surface area contributed by atoms with Crippen LogP contribution < -0.4 is 10.1 Å². The number of anilines is 1. The molecule has 0 atom stereocenters. The van der Waals surface area contributed by atoms with E-state index in [1.165, 1.54) is 32.1 Å². The first-order valence-electron chi connectivity index (χ1n) is 7.04. The van der Waals surface area contributed by atoms with Gasteiger partial charge in [-0.05, 0) is 31.0 Å². The second-order valence-electron chi connectivity index (χ2n) is 5.46. The zero-order valence-electron chi connectivity index (χ0n) is 11.6. The summed E-state index contributed by atoms with van der Waals surface area (Å²) in [4.78, 5) is 4.94. The van der Waals surface area contributed by atoms with Crippen LogP contribution in [0.25, 0.3) is 0 Å². The Morgan fingerprint density at radius 2 is 2.10 bits per heavy atom. The van der Waals surface area contributed by atoms with Crippen molar-refractivity contribution >= 4 is 34.2 Å². The molecule has 1 N–H and O–H groups in total. The third-order valence-electron chi connectivity index (χ3n) is 4.00. The lowest BCUT2D eigenvalue weighted by atomic mass is 9.84. The van der Waals surface area contributed by atoms with Crippen LogP contribution in [0.4, 0.5) is 5.69 Å². The van der Waals surface area contributed by atoms with E-state index in [1.54, 1.807) is 7.11 Å². The van der Waals surface area contributed by atoms with Crippen molar-refractivity contribution in [1.29, 1.82) is 0 Å². The quantitative estimate of drug-likeness (QED) is 0.869. The van der Waals surface area contributed by atoms with Gasteiger partial charge in [-0.3, -0.25) is 4.99 Å². The summed E-state index contributed by atoms with van der Waals surface area (Å²) in [5.74, 6) is 1.81. The fraction of sp³-hybridized carbons (Fsp3) is 0.533. The minimum Gasteiger partial charge on any atom is -0.495 e. The molecule has 0 amide bonds. The average molecular weight is 311 g/mol. The van der Waals surface area contributed by atoms with Crippen LogP contribution in [0.15, 0.2) is 23.2 Å². The molecule has 1 aliphatic carbocycles. The molecule has 0 saturated heterocycles. The summed E-state index contributed by atoms with van der Waals surface area (Å²) in [6.07, 6.45) is 6.44. The third-order valence-corrected chi connectivity index (χ3v) is 5.45. The molecule has 3 nitrogen and oxygen atoms in total. The third kappa shape index (κ3) is 2.91. The van der Waals surface area contributed by atoms with E-state index in [2.05, 4.69) is 5.32 Å². The van der Waals surface area contributed by atoms with Gasteiger partial charge in [-0.15, -0.1) is 0 Å². The number of nitrogens with one attached hydrogen (secondary N) is 1. The maximum Gasteiger partial charge on any atom is 0.161 e. The van der Waals surface area contributed by atoms with Crippen molar-refractivity contribution in [2.24, 2.45) is 4.99 Å². The Hall–Kier alpha value is -0.870. The van der Waals surface area contributed by atoms with Gasteiger partial charge in [-0.2, -0.15) is 0 Å². The highest BCUT2D eigenvalue weighted by molar-refractivity contribution is 8.14. The van der Waals surface area contributed by atoms with Crippen molar-refractivity contribution in [2.75, 3.05) is 18.2 Å². The van der Waals surface area contributed by atoms with Crippen molar-refractivity contribution in [3.8, 4) is 5.75 Å².